The molecular weight excluding hydrogens is 532 g/mol. The fraction of sp³-hybridized carbons (Fsp3) is 0.0714. The predicted octanol–water partition coefficient (Wildman–Crippen LogP) is 11.0. The first-order valence-corrected chi connectivity index (χ1v) is 15.3. The van der Waals surface area contributed by atoms with Crippen molar-refractivity contribution in [3.8, 4) is 39.1 Å². The molecule has 0 bridgehead atoms. The minimum Gasteiger partial charge on any atom is -0.307 e. The van der Waals surface area contributed by atoms with Gasteiger partial charge < -0.3 is 4.57 Å². The van der Waals surface area contributed by atoms with E-state index in [1.165, 1.54) is 77.1 Å². The van der Waals surface area contributed by atoms with Crippen LogP contribution in [0.15, 0.2) is 146 Å². The quantitative estimate of drug-likeness (QED) is 0.205. The van der Waals surface area contributed by atoms with Gasteiger partial charge in [-0.05, 0) is 74.0 Å². The molecule has 0 unspecified atom stereocenters. The van der Waals surface area contributed by atoms with Gasteiger partial charge in [0.15, 0.2) is 0 Å². The van der Waals surface area contributed by atoms with Crippen LogP contribution < -0.4 is 0 Å². The van der Waals surface area contributed by atoms with E-state index in [2.05, 4.69) is 151 Å². The van der Waals surface area contributed by atoms with Crippen molar-refractivity contribution in [2.75, 3.05) is 0 Å². The summed E-state index contributed by atoms with van der Waals surface area (Å²) in [5.74, 6) is 0. The first kappa shape index (κ1) is 25.1. The molecule has 2 aromatic heterocycles. The van der Waals surface area contributed by atoms with E-state index in [1.807, 2.05) is 18.5 Å². The maximum atomic E-state index is 4.57. The van der Waals surface area contributed by atoms with E-state index in [4.69, 9.17) is 0 Å². The molecule has 0 N–H and O–H groups in total. The fourth-order valence-electron chi connectivity index (χ4n) is 7.70. The van der Waals surface area contributed by atoms with Gasteiger partial charge in [0.2, 0.25) is 0 Å². The first-order valence-electron chi connectivity index (χ1n) is 15.3. The lowest BCUT2D eigenvalue weighted by Gasteiger charge is -2.29. The average Bonchev–Trinajstić information content (AvgIpc) is 3.39. The fourth-order valence-corrected chi connectivity index (χ4v) is 7.70. The van der Waals surface area contributed by atoms with Gasteiger partial charge >= 0.3 is 0 Å². The second-order valence-electron chi connectivity index (χ2n) is 12.4. The van der Waals surface area contributed by atoms with Crippen LogP contribution in [0.2, 0.25) is 0 Å². The third kappa shape index (κ3) is 3.40. The van der Waals surface area contributed by atoms with Crippen molar-refractivity contribution in [3.63, 3.8) is 0 Å². The van der Waals surface area contributed by atoms with Gasteiger partial charge in [-0.1, -0.05) is 123 Å². The van der Waals surface area contributed by atoms with Gasteiger partial charge in [0.25, 0.3) is 0 Å². The molecule has 0 amide bonds. The number of hydrogen-bond acceptors (Lipinski definition) is 1. The smallest absolute Gasteiger partial charge is 0.0645 e. The Morgan fingerprint density at radius 2 is 1.25 bits per heavy atom. The van der Waals surface area contributed by atoms with Gasteiger partial charge in [-0.2, -0.15) is 0 Å². The van der Waals surface area contributed by atoms with E-state index in [0.717, 1.165) is 5.69 Å². The lowest BCUT2D eigenvalue weighted by Crippen LogP contribution is -2.20. The van der Waals surface area contributed by atoms with Crippen molar-refractivity contribution < 1.29 is 0 Å². The molecule has 0 saturated carbocycles. The Hall–Kier alpha value is -5.47. The molecule has 2 heteroatoms. The van der Waals surface area contributed by atoms with Crippen molar-refractivity contribution in [3.05, 3.63) is 157 Å². The third-order valence-electron chi connectivity index (χ3n) is 9.67. The Morgan fingerprint density at radius 3 is 2.07 bits per heavy atom. The number of nitrogens with zero attached hydrogens (tertiary/aromatic N) is 2. The summed E-state index contributed by atoms with van der Waals surface area (Å²) < 4.78 is 2.44. The van der Waals surface area contributed by atoms with Gasteiger partial charge in [0.1, 0.15) is 0 Å². The highest BCUT2D eigenvalue weighted by molar-refractivity contribution is 6.30. The molecule has 0 radical (unpaired) electrons. The van der Waals surface area contributed by atoms with Crippen LogP contribution in [0.5, 0.6) is 0 Å². The van der Waals surface area contributed by atoms with Crippen LogP contribution in [-0.2, 0) is 5.41 Å². The first-order chi connectivity index (χ1) is 21.6. The summed E-state index contributed by atoms with van der Waals surface area (Å²) in [6.07, 6.45) is 3.84. The van der Waals surface area contributed by atoms with E-state index in [0.29, 0.717) is 0 Å². The molecule has 1 aliphatic rings. The summed E-state index contributed by atoms with van der Waals surface area (Å²) in [5.41, 5.74) is 13.6. The van der Waals surface area contributed by atoms with Gasteiger partial charge in [0, 0.05) is 27.9 Å². The molecular formula is C42H30N2. The highest BCUT2D eigenvalue weighted by atomic mass is 15.0. The molecule has 9 rings (SSSR count). The summed E-state index contributed by atoms with van der Waals surface area (Å²) in [5, 5.41) is 5.10. The topological polar surface area (TPSA) is 17.8 Å². The highest BCUT2D eigenvalue weighted by Crippen LogP contribution is 2.55. The molecule has 1 aliphatic carbocycles. The molecule has 0 saturated heterocycles. The predicted molar refractivity (Wildman–Crippen MR) is 185 cm³/mol. The second kappa shape index (κ2) is 9.26. The Bertz CT molecular complexity index is 2400. The number of para-hydroxylation sites is 1. The van der Waals surface area contributed by atoms with Crippen LogP contribution in [0.3, 0.4) is 0 Å². The summed E-state index contributed by atoms with van der Waals surface area (Å²) in [6.45, 7) is 4.78. The van der Waals surface area contributed by atoms with E-state index >= 15 is 0 Å². The number of pyridine rings is 1. The van der Waals surface area contributed by atoms with Crippen LogP contribution >= 0.6 is 0 Å². The number of rotatable bonds is 2. The van der Waals surface area contributed by atoms with Crippen molar-refractivity contribution in [1.29, 1.82) is 0 Å². The maximum Gasteiger partial charge on any atom is 0.0645 e. The Labute approximate surface area is 256 Å². The lowest BCUT2D eigenvalue weighted by atomic mass is 9.74. The zero-order valence-corrected chi connectivity index (χ0v) is 24.8. The zero-order valence-electron chi connectivity index (χ0n) is 24.8. The van der Waals surface area contributed by atoms with Crippen molar-refractivity contribution >= 4 is 32.6 Å². The molecule has 6 aromatic carbocycles. The number of fused-ring (bicyclic) bond motifs is 12. The standard InChI is InChI=1S/C42H30N2/c1-42(2)35-20-10-8-18-32(35)40-38(33-23-22-28(25-36(33)42)27-13-4-3-5-14-27)30-16-6-7-17-31(30)39-34-19-9-11-21-37(34)44(41(39)40)29-15-12-24-43-26-29/h3-26H,1-2H3. The number of hydrogen-bond donors (Lipinski definition) is 0. The van der Waals surface area contributed by atoms with Gasteiger partial charge in [0.05, 0.1) is 22.9 Å². The van der Waals surface area contributed by atoms with Crippen molar-refractivity contribution in [2.24, 2.45) is 0 Å². The van der Waals surface area contributed by atoms with Crippen LogP contribution in [0.1, 0.15) is 25.0 Å². The minimum absolute atomic E-state index is 0.242. The second-order valence-corrected chi connectivity index (χ2v) is 12.4. The van der Waals surface area contributed by atoms with Gasteiger partial charge in [-0.3, -0.25) is 4.98 Å². The molecule has 8 aromatic rings. The summed E-state index contributed by atoms with van der Waals surface area (Å²) in [6, 6.07) is 48.9. The zero-order chi connectivity index (χ0) is 29.4. The number of benzene rings is 6. The summed E-state index contributed by atoms with van der Waals surface area (Å²) in [4.78, 5) is 4.57. The molecule has 44 heavy (non-hydrogen) atoms. The van der Waals surface area contributed by atoms with E-state index in [1.54, 1.807) is 0 Å². The molecule has 208 valence electrons. The average molecular weight is 563 g/mol. The monoisotopic (exact) mass is 562 g/mol. The van der Waals surface area contributed by atoms with E-state index < -0.39 is 0 Å². The van der Waals surface area contributed by atoms with Crippen LogP contribution in [0, 0.1) is 0 Å². The number of aromatic nitrogens is 2. The SMILES string of the molecule is CC1(C)c2cc(-c3ccccc3)ccc2-c2c(c3c(c4ccccc24)c2ccccc2n3-c2cccnc2)-c2ccccc21. The summed E-state index contributed by atoms with van der Waals surface area (Å²) in [7, 11) is 0. The molecule has 2 heterocycles. The molecule has 2 nitrogen and oxygen atoms in total. The van der Waals surface area contributed by atoms with Crippen molar-refractivity contribution in [2.45, 2.75) is 19.3 Å². The largest absolute Gasteiger partial charge is 0.307 e. The Morgan fingerprint density at radius 1 is 0.545 bits per heavy atom. The normalized spacial score (nSPS) is 13.4. The molecule has 0 spiro atoms. The Balaban J connectivity index is 1.56. The van der Waals surface area contributed by atoms with E-state index in [-0.39, 0.29) is 5.41 Å². The van der Waals surface area contributed by atoms with Crippen LogP contribution in [0.4, 0.5) is 0 Å². The minimum atomic E-state index is -0.242. The van der Waals surface area contributed by atoms with Gasteiger partial charge in [-0.25, -0.2) is 0 Å². The summed E-state index contributed by atoms with van der Waals surface area (Å²) >= 11 is 0. The molecule has 0 fully saturated rings. The van der Waals surface area contributed by atoms with E-state index in [9.17, 15) is 0 Å². The van der Waals surface area contributed by atoms with Crippen molar-refractivity contribution in [1.82, 2.24) is 9.55 Å². The third-order valence-corrected chi connectivity index (χ3v) is 9.67. The Kier molecular flexibility index (Phi) is 5.28. The van der Waals surface area contributed by atoms with Crippen LogP contribution in [-0.4, -0.2) is 9.55 Å². The highest BCUT2D eigenvalue weighted by Gasteiger charge is 2.36. The maximum absolute atomic E-state index is 4.57. The molecule has 0 aliphatic heterocycles. The van der Waals surface area contributed by atoms with Gasteiger partial charge in [-0.15, -0.1) is 0 Å². The van der Waals surface area contributed by atoms with Crippen LogP contribution in [0.25, 0.3) is 71.6 Å². The lowest BCUT2D eigenvalue weighted by molar-refractivity contribution is 0.646. The molecule has 0 atom stereocenters.